The van der Waals surface area contributed by atoms with Gasteiger partial charge in [0.15, 0.2) is 0 Å². The molecule has 2 rings (SSSR count). The van der Waals surface area contributed by atoms with Crippen LogP contribution in [-0.2, 0) is 4.74 Å². The molecule has 0 spiro atoms. The van der Waals surface area contributed by atoms with Gasteiger partial charge in [-0.25, -0.2) is 0 Å². The van der Waals surface area contributed by atoms with Crippen molar-refractivity contribution in [2.24, 2.45) is 0 Å². The summed E-state index contributed by atoms with van der Waals surface area (Å²) >= 11 is 6.17. The number of aryl methyl sites for hydroxylation is 1. The predicted octanol–water partition coefficient (Wildman–Crippen LogP) is 2.09. The van der Waals surface area contributed by atoms with Crippen molar-refractivity contribution >= 4 is 11.6 Å². The van der Waals surface area contributed by atoms with Crippen molar-refractivity contribution in [3.8, 4) is 0 Å². The summed E-state index contributed by atoms with van der Waals surface area (Å²) in [6, 6.07) is 0.911. The summed E-state index contributed by atoms with van der Waals surface area (Å²) < 4.78 is 7.25. The SMILES string of the molecule is COCC(CNC1CC1)n1nc(C)c(Cl)c1C. The van der Waals surface area contributed by atoms with Crippen LogP contribution in [0.25, 0.3) is 0 Å². The maximum Gasteiger partial charge on any atom is 0.0880 e. The van der Waals surface area contributed by atoms with Gasteiger partial charge in [0.25, 0.3) is 0 Å². The van der Waals surface area contributed by atoms with Gasteiger partial charge in [-0.2, -0.15) is 5.10 Å². The van der Waals surface area contributed by atoms with Crippen LogP contribution in [0, 0.1) is 13.8 Å². The van der Waals surface area contributed by atoms with Crippen molar-refractivity contribution in [2.75, 3.05) is 20.3 Å². The van der Waals surface area contributed by atoms with Crippen LogP contribution >= 0.6 is 11.6 Å². The number of ether oxygens (including phenoxy) is 1. The minimum atomic E-state index is 0.215. The van der Waals surface area contributed by atoms with E-state index in [0.717, 1.165) is 23.0 Å². The van der Waals surface area contributed by atoms with E-state index >= 15 is 0 Å². The number of rotatable bonds is 6. The number of nitrogens with zero attached hydrogens (tertiary/aromatic N) is 2. The molecule has 96 valence electrons. The first kappa shape index (κ1) is 12.9. The van der Waals surface area contributed by atoms with Gasteiger partial charge < -0.3 is 10.1 Å². The molecule has 1 aliphatic rings. The number of methoxy groups -OCH3 is 1. The molecule has 1 aromatic rings. The van der Waals surface area contributed by atoms with Gasteiger partial charge in [0, 0.05) is 19.7 Å². The van der Waals surface area contributed by atoms with Crippen LogP contribution in [0.1, 0.15) is 30.3 Å². The van der Waals surface area contributed by atoms with Gasteiger partial charge in [0.2, 0.25) is 0 Å². The smallest absolute Gasteiger partial charge is 0.0880 e. The van der Waals surface area contributed by atoms with E-state index in [-0.39, 0.29) is 6.04 Å². The van der Waals surface area contributed by atoms with E-state index in [0.29, 0.717) is 12.6 Å². The Morgan fingerprint density at radius 3 is 2.71 bits per heavy atom. The van der Waals surface area contributed by atoms with E-state index in [4.69, 9.17) is 16.3 Å². The van der Waals surface area contributed by atoms with E-state index in [1.54, 1.807) is 7.11 Å². The van der Waals surface area contributed by atoms with E-state index in [1.165, 1.54) is 12.8 Å². The summed E-state index contributed by atoms with van der Waals surface area (Å²) in [4.78, 5) is 0. The average molecular weight is 258 g/mol. The van der Waals surface area contributed by atoms with Crippen molar-refractivity contribution in [1.29, 1.82) is 0 Å². The summed E-state index contributed by atoms with van der Waals surface area (Å²) in [5.74, 6) is 0. The second-order valence-electron chi connectivity index (χ2n) is 4.72. The minimum absolute atomic E-state index is 0.215. The molecular weight excluding hydrogens is 238 g/mol. The third-order valence-corrected chi connectivity index (χ3v) is 3.71. The second kappa shape index (κ2) is 5.38. The molecule has 1 aliphatic carbocycles. The Morgan fingerprint density at radius 1 is 1.53 bits per heavy atom. The van der Waals surface area contributed by atoms with E-state index in [9.17, 15) is 0 Å². The van der Waals surface area contributed by atoms with Crippen LogP contribution in [0.4, 0.5) is 0 Å². The highest BCUT2D eigenvalue weighted by atomic mass is 35.5. The minimum Gasteiger partial charge on any atom is -0.382 e. The number of halogens is 1. The normalized spacial score (nSPS) is 17.4. The lowest BCUT2D eigenvalue weighted by Gasteiger charge is -2.19. The molecule has 4 nitrogen and oxygen atoms in total. The standard InChI is InChI=1S/C12H20ClN3O/c1-8-12(13)9(2)16(15-8)11(7-17-3)6-14-10-4-5-10/h10-11,14H,4-7H2,1-3H3. The molecule has 0 aromatic carbocycles. The maximum atomic E-state index is 6.17. The Kier molecular flexibility index (Phi) is 4.07. The van der Waals surface area contributed by atoms with Crippen LogP contribution in [0.5, 0.6) is 0 Å². The van der Waals surface area contributed by atoms with Crippen molar-refractivity contribution in [2.45, 2.75) is 38.8 Å². The topological polar surface area (TPSA) is 39.1 Å². The third-order valence-electron chi connectivity index (χ3n) is 3.16. The van der Waals surface area contributed by atoms with Gasteiger partial charge in [0.1, 0.15) is 0 Å². The molecule has 5 heteroatoms. The van der Waals surface area contributed by atoms with Crippen LogP contribution in [0.3, 0.4) is 0 Å². The van der Waals surface area contributed by atoms with Crippen molar-refractivity contribution in [1.82, 2.24) is 15.1 Å². The zero-order valence-electron chi connectivity index (χ0n) is 10.7. The molecule has 0 radical (unpaired) electrons. The number of aromatic nitrogens is 2. The first-order valence-corrected chi connectivity index (χ1v) is 6.44. The lowest BCUT2D eigenvalue weighted by molar-refractivity contribution is 0.146. The molecule has 1 heterocycles. The second-order valence-corrected chi connectivity index (χ2v) is 5.10. The molecule has 17 heavy (non-hydrogen) atoms. The largest absolute Gasteiger partial charge is 0.382 e. The van der Waals surface area contributed by atoms with Crippen molar-refractivity contribution in [3.63, 3.8) is 0 Å². The highest BCUT2D eigenvalue weighted by molar-refractivity contribution is 6.31. The number of nitrogens with one attached hydrogen (secondary N) is 1. The molecular formula is C12H20ClN3O. The molecule has 0 bridgehead atoms. The summed E-state index contributed by atoms with van der Waals surface area (Å²) in [7, 11) is 1.72. The Bertz CT molecular complexity index is 387. The Morgan fingerprint density at radius 2 is 2.24 bits per heavy atom. The molecule has 1 aromatic heterocycles. The summed E-state index contributed by atoms with van der Waals surface area (Å²) in [6.07, 6.45) is 2.58. The molecule has 1 saturated carbocycles. The van der Waals surface area contributed by atoms with Crippen LogP contribution < -0.4 is 5.32 Å². The fourth-order valence-electron chi connectivity index (χ4n) is 2.00. The first-order valence-electron chi connectivity index (χ1n) is 6.07. The van der Waals surface area contributed by atoms with Gasteiger partial charge in [-0.1, -0.05) is 11.6 Å². The lowest BCUT2D eigenvalue weighted by atomic mass is 10.3. The Labute approximate surface area is 107 Å². The van der Waals surface area contributed by atoms with Gasteiger partial charge in [-0.05, 0) is 26.7 Å². The molecule has 0 aliphatic heterocycles. The van der Waals surface area contributed by atoms with Gasteiger partial charge in [-0.15, -0.1) is 0 Å². The summed E-state index contributed by atoms with van der Waals surface area (Å²) in [6.45, 7) is 5.47. The van der Waals surface area contributed by atoms with Crippen molar-refractivity contribution in [3.05, 3.63) is 16.4 Å². The van der Waals surface area contributed by atoms with Gasteiger partial charge >= 0.3 is 0 Å². The fraction of sp³-hybridized carbons (Fsp3) is 0.750. The lowest BCUT2D eigenvalue weighted by Crippen LogP contribution is -2.31. The van der Waals surface area contributed by atoms with Gasteiger partial charge in [0.05, 0.1) is 29.1 Å². The fourth-order valence-corrected chi connectivity index (χ4v) is 2.12. The molecule has 1 N–H and O–H groups in total. The molecule has 1 unspecified atom stereocenters. The molecule has 0 amide bonds. The molecule has 1 atom stereocenters. The Hall–Kier alpha value is -0.580. The Balaban J connectivity index is 2.09. The zero-order chi connectivity index (χ0) is 12.4. The highest BCUT2D eigenvalue weighted by Crippen LogP contribution is 2.23. The average Bonchev–Trinajstić information content (AvgIpc) is 3.09. The summed E-state index contributed by atoms with van der Waals surface area (Å²) in [5, 5.41) is 8.77. The third kappa shape index (κ3) is 3.00. The quantitative estimate of drug-likeness (QED) is 0.848. The maximum absolute atomic E-state index is 6.17. The molecule has 1 fully saturated rings. The number of hydrogen-bond donors (Lipinski definition) is 1. The monoisotopic (exact) mass is 257 g/mol. The van der Waals surface area contributed by atoms with Crippen LogP contribution in [0.2, 0.25) is 5.02 Å². The van der Waals surface area contributed by atoms with Crippen molar-refractivity contribution < 1.29 is 4.74 Å². The first-order chi connectivity index (χ1) is 8.13. The molecule has 0 saturated heterocycles. The van der Waals surface area contributed by atoms with E-state index < -0.39 is 0 Å². The number of hydrogen-bond acceptors (Lipinski definition) is 3. The highest BCUT2D eigenvalue weighted by Gasteiger charge is 2.24. The van der Waals surface area contributed by atoms with Gasteiger partial charge in [-0.3, -0.25) is 4.68 Å². The predicted molar refractivity (Wildman–Crippen MR) is 68.6 cm³/mol. The zero-order valence-corrected chi connectivity index (χ0v) is 11.4. The van der Waals surface area contributed by atoms with E-state index in [2.05, 4.69) is 10.4 Å². The summed E-state index contributed by atoms with van der Waals surface area (Å²) in [5.41, 5.74) is 1.90. The van der Waals surface area contributed by atoms with E-state index in [1.807, 2.05) is 18.5 Å². The van der Waals surface area contributed by atoms with Crippen LogP contribution in [-0.4, -0.2) is 36.1 Å². The van der Waals surface area contributed by atoms with Crippen LogP contribution in [0.15, 0.2) is 0 Å².